The summed E-state index contributed by atoms with van der Waals surface area (Å²) in [5.74, 6) is 3.64. The first-order valence-electron chi connectivity index (χ1n) is 11.5. The van der Waals surface area contributed by atoms with E-state index in [4.69, 9.17) is 9.97 Å². The zero-order valence-electron chi connectivity index (χ0n) is 18.3. The van der Waals surface area contributed by atoms with E-state index in [-0.39, 0.29) is 11.7 Å². The molecule has 0 aliphatic carbocycles. The lowest BCUT2D eigenvalue weighted by atomic mass is 10.1. The van der Waals surface area contributed by atoms with Crippen LogP contribution in [-0.2, 0) is 19.4 Å². The Bertz CT molecular complexity index is 1130. The van der Waals surface area contributed by atoms with Crippen LogP contribution < -0.4 is 4.90 Å². The minimum Gasteiger partial charge on any atom is -0.346 e. The van der Waals surface area contributed by atoms with Crippen LogP contribution in [0.15, 0.2) is 30.3 Å². The summed E-state index contributed by atoms with van der Waals surface area (Å²) in [5.41, 5.74) is 1.79. The van der Waals surface area contributed by atoms with Gasteiger partial charge >= 0.3 is 0 Å². The molecule has 0 saturated carbocycles. The van der Waals surface area contributed by atoms with Gasteiger partial charge in [-0.2, -0.15) is 0 Å². The van der Waals surface area contributed by atoms with Crippen molar-refractivity contribution in [1.82, 2.24) is 24.7 Å². The summed E-state index contributed by atoms with van der Waals surface area (Å²) in [6, 6.07) is 8.65. The van der Waals surface area contributed by atoms with Crippen LogP contribution >= 0.6 is 0 Å². The number of non-ortho nitro benzene ring substituents is 1. The molecule has 2 aromatic heterocycles. The number of hydrogen-bond donors (Lipinski definition) is 0. The van der Waals surface area contributed by atoms with Gasteiger partial charge in [0, 0.05) is 49.0 Å². The predicted molar refractivity (Wildman–Crippen MR) is 120 cm³/mol. The van der Waals surface area contributed by atoms with E-state index in [1.165, 1.54) is 31.4 Å². The summed E-state index contributed by atoms with van der Waals surface area (Å²) < 4.78 is 2.33. The number of nitrogens with zero attached hydrogens (tertiary/aromatic N) is 7. The Morgan fingerprint density at radius 3 is 2.69 bits per heavy atom. The van der Waals surface area contributed by atoms with Crippen LogP contribution in [0.3, 0.4) is 0 Å². The van der Waals surface area contributed by atoms with Crippen molar-refractivity contribution in [2.75, 3.05) is 11.4 Å². The lowest BCUT2D eigenvalue weighted by molar-refractivity contribution is -0.384. The van der Waals surface area contributed by atoms with Gasteiger partial charge in [0.15, 0.2) is 11.6 Å². The third-order valence-electron chi connectivity index (χ3n) is 6.45. The van der Waals surface area contributed by atoms with E-state index in [1.807, 2.05) is 0 Å². The molecule has 166 valence electrons. The molecule has 2 aliphatic heterocycles. The van der Waals surface area contributed by atoms with Crippen LogP contribution in [0.4, 0.5) is 11.5 Å². The van der Waals surface area contributed by atoms with Crippen LogP contribution in [0, 0.1) is 10.1 Å². The van der Waals surface area contributed by atoms with Crippen LogP contribution in [0.5, 0.6) is 0 Å². The summed E-state index contributed by atoms with van der Waals surface area (Å²) in [6.45, 7) is 3.97. The standard InChI is InChI=1S/C23H27N7O2/c1-2-17-15-21(25-22(24-17)16-9-11-18(12-10-16)30(31)32)28-14-6-7-19(28)23-27-26-20-8-4-3-5-13-29(20)23/h9-12,15,19H,2-8,13-14H2,1H3. The Kier molecular flexibility index (Phi) is 5.55. The lowest BCUT2D eigenvalue weighted by Crippen LogP contribution is -2.27. The molecule has 1 fully saturated rings. The van der Waals surface area contributed by atoms with Gasteiger partial charge in [-0.25, -0.2) is 9.97 Å². The van der Waals surface area contributed by atoms with E-state index in [0.29, 0.717) is 5.82 Å². The van der Waals surface area contributed by atoms with Gasteiger partial charge in [-0.05, 0) is 44.2 Å². The number of fused-ring (bicyclic) bond motifs is 1. The Hall–Kier alpha value is -3.36. The van der Waals surface area contributed by atoms with E-state index in [1.54, 1.807) is 12.1 Å². The van der Waals surface area contributed by atoms with Gasteiger partial charge in [0.1, 0.15) is 11.6 Å². The summed E-state index contributed by atoms with van der Waals surface area (Å²) in [5, 5.41) is 20.1. The predicted octanol–water partition coefficient (Wildman–Crippen LogP) is 4.27. The second-order valence-electron chi connectivity index (χ2n) is 8.49. The molecule has 0 radical (unpaired) electrons. The zero-order chi connectivity index (χ0) is 22.1. The van der Waals surface area contributed by atoms with Gasteiger partial charge in [-0.3, -0.25) is 10.1 Å². The highest BCUT2D eigenvalue weighted by atomic mass is 16.6. The molecule has 0 spiro atoms. The van der Waals surface area contributed by atoms with E-state index < -0.39 is 4.92 Å². The molecule has 9 nitrogen and oxygen atoms in total. The highest BCUT2D eigenvalue weighted by Crippen LogP contribution is 2.36. The minimum absolute atomic E-state index is 0.0627. The Morgan fingerprint density at radius 2 is 1.91 bits per heavy atom. The summed E-state index contributed by atoms with van der Waals surface area (Å²) in [7, 11) is 0. The maximum absolute atomic E-state index is 11.0. The third kappa shape index (κ3) is 3.83. The molecule has 9 heteroatoms. The average molecular weight is 434 g/mol. The van der Waals surface area contributed by atoms with Crippen LogP contribution in [-0.4, -0.2) is 36.2 Å². The molecule has 0 N–H and O–H groups in total. The molecule has 1 aromatic carbocycles. The first kappa shape index (κ1) is 20.5. The molecule has 1 unspecified atom stereocenters. The van der Waals surface area contributed by atoms with Gasteiger partial charge in [-0.15, -0.1) is 10.2 Å². The molecule has 0 amide bonds. The van der Waals surface area contributed by atoms with Crippen molar-refractivity contribution in [1.29, 1.82) is 0 Å². The van der Waals surface area contributed by atoms with Gasteiger partial charge in [0.2, 0.25) is 0 Å². The maximum Gasteiger partial charge on any atom is 0.269 e. The second-order valence-corrected chi connectivity index (χ2v) is 8.49. The molecule has 2 aliphatic rings. The fourth-order valence-corrected chi connectivity index (χ4v) is 4.74. The quantitative estimate of drug-likeness (QED) is 0.437. The van der Waals surface area contributed by atoms with Crippen molar-refractivity contribution in [2.45, 2.75) is 64.5 Å². The minimum atomic E-state index is -0.394. The second kappa shape index (κ2) is 8.64. The van der Waals surface area contributed by atoms with E-state index >= 15 is 0 Å². The van der Waals surface area contributed by atoms with Crippen LogP contribution in [0.1, 0.15) is 62.4 Å². The molecule has 32 heavy (non-hydrogen) atoms. The average Bonchev–Trinajstić information content (AvgIpc) is 3.39. The number of aromatic nitrogens is 5. The molecule has 5 rings (SSSR count). The molecule has 1 atom stereocenters. The molecule has 0 bridgehead atoms. The summed E-state index contributed by atoms with van der Waals surface area (Å²) >= 11 is 0. The van der Waals surface area contributed by atoms with Gasteiger partial charge in [-0.1, -0.05) is 13.3 Å². The van der Waals surface area contributed by atoms with Crippen molar-refractivity contribution in [3.8, 4) is 11.4 Å². The zero-order valence-corrected chi connectivity index (χ0v) is 18.3. The fourth-order valence-electron chi connectivity index (χ4n) is 4.74. The van der Waals surface area contributed by atoms with Crippen molar-refractivity contribution in [3.05, 3.63) is 57.8 Å². The SMILES string of the molecule is CCc1cc(N2CCCC2c2nnc3n2CCCCC3)nc(-c2ccc([N+](=O)[O-])cc2)n1. The van der Waals surface area contributed by atoms with E-state index in [2.05, 4.69) is 32.7 Å². The van der Waals surface area contributed by atoms with Crippen molar-refractivity contribution in [3.63, 3.8) is 0 Å². The number of anilines is 1. The van der Waals surface area contributed by atoms with Crippen molar-refractivity contribution < 1.29 is 4.92 Å². The Labute approximate surface area is 186 Å². The van der Waals surface area contributed by atoms with E-state index in [9.17, 15) is 10.1 Å². The normalized spacial score (nSPS) is 18.4. The smallest absolute Gasteiger partial charge is 0.269 e. The molecule has 3 aromatic rings. The maximum atomic E-state index is 11.0. The number of aryl methyl sites for hydroxylation is 2. The highest BCUT2D eigenvalue weighted by molar-refractivity contribution is 5.60. The third-order valence-corrected chi connectivity index (χ3v) is 6.45. The molecular formula is C23H27N7O2. The number of rotatable bonds is 5. The molecule has 4 heterocycles. The van der Waals surface area contributed by atoms with Gasteiger partial charge in [0.05, 0.1) is 11.0 Å². The Morgan fingerprint density at radius 1 is 1.06 bits per heavy atom. The monoisotopic (exact) mass is 433 g/mol. The number of hydrogen-bond acceptors (Lipinski definition) is 7. The molecule has 1 saturated heterocycles. The highest BCUT2D eigenvalue weighted by Gasteiger charge is 2.33. The first-order valence-corrected chi connectivity index (χ1v) is 11.5. The first-order chi connectivity index (χ1) is 15.6. The van der Waals surface area contributed by atoms with Crippen LogP contribution in [0.2, 0.25) is 0 Å². The van der Waals surface area contributed by atoms with E-state index in [0.717, 1.165) is 67.5 Å². The number of nitro benzene ring substituents is 1. The summed E-state index contributed by atoms with van der Waals surface area (Å²) in [6.07, 6.45) is 7.47. The van der Waals surface area contributed by atoms with Crippen molar-refractivity contribution >= 4 is 11.5 Å². The number of nitro groups is 1. The van der Waals surface area contributed by atoms with Gasteiger partial charge in [0.25, 0.3) is 5.69 Å². The molecular weight excluding hydrogens is 406 g/mol. The van der Waals surface area contributed by atoms with Crippen molar-refractivity contribution in [2.24, 2.45) is 0 Å². The largest absolute Gasteiger partial charge is 0.346 e. The lowest BCUT2D eigenvalue weighted by Gasteiger charge is -2.26. The van der Waals surface area contributed by atoms with Crippen LogP contribution in [0.25, 0.3) is 11.4 Å². The number of benzene rings is 1. The van der Waals surface area contributed by atoms with Gasteiger partial charge < -0.3 is 9.47 Å². The Balaban J connectivity index is 1.50. The fraction of sp³-hybridized carbons (Fsp3) is 0.478. The topological polar surface area (TPSA) is 103 Å². The summed E-state index contributed by atoms with van der Waals surface area (Å²) in [4.78, 5) is 22.5.